The molecule has 0 spiro atoms. The zero-order valence-corrected chi connectivity index (χ0v) is 12.0. The minimum absolute atomic E-state index is 0.293. The van der Waals surface area contributed by atoms with Crippen molar-refractivity contribution in [1.82, 2.24) is 9.79 Å². The molecule has 2 rings (SSSR count). The molecular weight excluding hydrogens is 272 g/mol. The third-order valence-corrected chi connectivity index (χ3v) is 5.56. The lowest BCUT2D eigenvalue weighted by Crippen LogP contribution is -2.29. The van der Waals surface area contributed by atoms with Crippen LogP contribution in [0, 0.1) is 6.92 Å². The first-order valence-electron chi connectivity index (χ1n) is 6.00. The summed E-state index contributed by atoms with van der Waals surface area (Å²) >= 11 is 1.24. The van der Waals surface area contributed by atoms with E-state index in [0.717, 1.165) is 24.5 Å². The summed E-state index contributed by atoms with van der Waals surface area (Å²) in [7, 11) is -3.51. The van der Waals surface area contributed by atoms with Gasteiger partial charge in [-0.2, -0.15) is 0 Å². The highest BCUT2D eigenvalue weighted by molar-refractivity contribution is 7.91. The van der Waals surface area contributed by atoms with Crippen molar-refractivity contribution in [3.05, 3.63) is 17.0 Å². The van der Waals surface area contributed by atoms with Gasteiger partial charge in [0.25, 0.3) is 10.0 Å². The molecule has 0 amide bonds. The molecule has 1 aromatic heterocycles. The van der Waals surface area contributed by atoms with Gasteiger partial charge in [0.05, 0.1) is 6.61 Å². The van der Waals surface area contributed by atoms with Crippen LogP contribution in [-0.2, 0) is 14.9 Å². The Hall–Kier alpha value is -0.470. The van der Waals surface area contributed by atoms with Crippen LogP contribution in [0.2, 0.25) is 0 Å². The highest BCUT2D eigenvalue weighted by Crippen LogP contribution is 2.20. The van der Waals surface area contributed by atoms with Crippen molar-refractivity contribution in [2.75, 3.05) is 26.2 Å². The Labute approximate surface area is 112 Å². The van der Waals surface area contributed by atoms with Gasteiger partial charge >= 0.3 is 0 Å². The topological polar surface area (TPSA) is 58.6 Å². The van der Waals surface area contributed by atoms with Crippen LogP contribution in [0.1, 0.15) is 17.7 Å². The number of hydrogen-bond acceptors (Lipinski definition) is 5. The summed E-state index contributed by atoms with van der Waals surface area (Å²) in [6, 6.07) is 3.37. The summed E-state index contributed by atoms with van der Waals surface area (Å²) in [5.74, 6) is 0. The Balaban J connectivity index is 1.75. The highest BCUT2D eigenvalue weighted by Gasteiger charge is 2.16. The van der Waals surface area contributed by atoms with Crippen molar-refractivity contribution >= 4 is 21.4 Å². The SMILES string of the molecule is Cc1ccc(S(=O)(=O)NOCCN2CCCC2)s1. The predicted molar refractivity (Wildman–Crippen MR) is 71.0 cm³/mol. The first-order chi connectivity index (χ1) is 8.58. The average molecular weight is 290 g/mol. The zero-order chi connectivity index (χ0) is 13.0. The molecule has 0 atom stereocenters. The van der Waals surface area contributed by atoms with Gasteiger partial charge in [-0.3, -0.25) is 4.84 Å². The minimum Gasteiger partial charge on any atom is -0.301 e. The zero-order valence-electron chi connectivity index (χ0n) is 10.4. The largest absolute Gasteiger partial charge is 0.301 e. The second-order valence-corrected chi connectivity index (χ2v) is 7.51. The number of sulfonamides is 1. The molecule has 0 bridgehead atoms. The molecule has 102 valence electrons. The number of likely N-dealkylation sites (tertiary alicyclic amines) is 1. The number of thiophene rings is 1. The van der Waals surface area contributed by atoms with Crippen LogP contribution in [0.4, 0.5) is 0 Å². The van der Waals surface area contributed by atoms with Gasteiger partial charge < -0.3 is 4.90 Å². The van der Waals surface area contributed by atoms with E-state index in [0.29, 0.717) is 10.8 Å². The van der Waals surface area contributed by atoms with E-state index < -0.39 is 10.0 Å². The molecule has 1 aromatic rings. The molecule has 1 saturated heterocycles. The Bertz CT molecular complexity index is 478. The molecule has 5 nitrogen and oxygen atoms in total. The fraction of sp³-hybridized carbons (Fsp3) is 0.636. The molecule has 18 heavy (non-hydrogen) atoms. The molecular formula is C11H18N2O3S2. The van der Waals surface area contributed by atoms with Gasteiger partial charge in [-0.15, -0.1) is 11.3 Å². The van der Waals surface area contributed by atoms with Gasteiger partial charge in [-0.1, -0.05) is 4.89 Å². The van der Waals surface area contributed by atoms with Gasteiger partial charge in [0.15, 0.2) is 0 Å². The normalized spacial score (nSPS) is 17.4. The molecule has 1 fully saturated rings. The smallest absolute Gasteiger partial charge is 0.271 e. The van der Waals surface area contributed by atoms with E-state index in [-0.39, 0.29) is 0 Å². The van der Waals surface area contributed by atoms with Crippen molar-refractivity contribution in [2.45, 2.75) is 24.0 Å². The molecule has 0 unspecified atom stereocenters. The molecule has 1 aliphatic heterocycles. The first kappa shape index (κ1) is 14.0. The molecule has 1 aliphatic rings. The predicted octanol–water partition coefficient (Wildman–Crippen LogP) is 1.36. The van der Waals surface area contributed by atoms with Gasteiger partial charge in [0.2, 0.25) is 0 Å². The van der Waals surface area contributed by atoms with Crippen LogP contribution in [0.5, 0.6) is 0 Å². The lowest BCUT2D eigenvalue weighted by atomic mass is 10.4. The van der Waals surface area contributed by atoms with Crippen LogP contribution in [0.25, 0.3) is 0 Å². The summed E-state index contributed by atoms with van der Waals surface area (Å²) in [4.78, 5) is 10.5. The monoisotopic (exact) mass is 290 g/mol. The molecule has 7 heteroatoms. The van der Waals surface area contributed by atoms with Crippen LogP contribution in [-0.4, -0.2) is 39.6 Å². The molecule has 0 aromatic carbocycles. The van der Waals surface area contributed by atoms with Crippen LogP contribution in [0.3, 0.4) is 0 Å². The number of nitrogens with one attached hydrogen (secondary N) is 1. The maximum absolute atomic E-state index is 11.8. The van der Waals surface area contributed by atoms with E-state index in [4.69, 9.17) is 4.84 Å². The number of nitrogens with zero attached hydrogens (tertiary/aromatic N) is 1. The van der Waals surface area contributed by atoms with Gasteiger partial charge in [-0.05, 0) is 45.0 Å². The molecule has 2 heterocycles. The lowest BCUT2D eigenvalue weighted by Gasteiger charge is -2.14. The first-order valence-corrected chi connectivity index (χ1v) is 8.30. The van der Waals surface area contributed by atoms with Crippen LogP contribution < -0.4 is 4.89 Å². The maximum Gasteiger partial charge on any atom is 0.271 e. The average Bonchev–Trinajstić information content (AvgIpc) is 2.95. The Morgan fingerprint density at radius 1 is 1.39 bits per heavy atom. The Kier molecular flexibility index (Phi) is 4.74. The van der Waals surface area contributed by atoms with E-state index in [2.05, 4.69) is 9.79 Å². The fourth-order valence-corrected chi connectivity index (χ4v) is 3.99. The second kappa shape index (κ2) is 6.12. The molecule has 0 aliphatic carbocycles. The summed E-state index contributed by atoms with van der Waals surface area (Å²) in [5, 5.41) is 0. The summed E-state index contributed by atoms with van der Waals surface area (Å²) in [6.45, 7) is 5.19. The van der Waals surface area contributed by atoms with Gasteiger partial charge in [0, 0.05) is 11.4 Å². The van der Waals surface area contributed by atoms with E-state index in [1.165, 1.54) is 24.2 Å². The molecule has 0 saturated carbocycles. The number of hydrogen-bond donors (Lipinski definition) is 1. The van der Waals surface area contributed by atoms with E-state index in [1.54, 1.807) is 12.1 Å². The van der Waals surface area contributed by atoms with E-state index in [1.807, 2.05) is 6.92 Å². The van der Waals surface area contributed by atoms with E-state index in [9.17, 15) is 8.42 Å². The number of aryl methyl sites for hydroxylation is 1. The van der Waals surface area contributed by atoms with Crippen LogP contribution >= 0.6 is 11.3 Å². The van der Waals surface area contributed by atoms with Crippen molar-refractivity contribution in [3.63, 3.8) is 0 Å². The minimum atomic E-state index is -3.51. The standard InChI is InChI=1S/C11H18N2O3S2/c1-10-4-5-11(17-10)18(14,15)12-16-9-8-13-6-2-3-7-13/h4-5,12H,2-3,6-9H2,1H3. The third kappa shape index (κ3) is 3.76. The van der Waals surface area contributed by atoms with Crippen molar-refractivity contribution < 1.29 is 13.3 Å². The number of rotatable bonds is 6. The summed E-state index contributed by atoms with van der Waals surface area (Å²) in [5.41, 5.74) is 0. The van der Waals surface area contributed by atoms with Crippen molar-refractivity contribution in [1.29, 1.82) is 0 Å². The fourth-order valence-electron chi connectivity index (χ4n) is 1.90. The third-order valence-electron chi connectivity index (χ3n) is 2.86. The lowest BCUT2D eigenvalue weighted by molar-refractivity contribution is 0.0757. The summed E-state index contributed by atoms with van der Waals surface area (Å²) in [6.07, 6.45) is 2.44. The van der Waals surface area contributed by atoms with Gasteiger partial charge in [0.1, 0.15) is 4.21 Å². The highest BCUT2D eigenvalue weighted by atomic mass is 32.2. The van der Waals surface area contributed by atoms with E-state index >= 15 is 0 Å². The molecule has 0 radical (unpaired) electrons. The second-order valence-electron chi connectivity index (χ2n) is 4.35. The quantitative estimate of drug-likeness (QED) is 0.635. The maximum atomic E-state index is 11.8. The van der Waals surface area contributed by atoms with Crippen molar-refractivity contribution in [2.24, 2.45) is 0 Å². The summed E-state index contributed by atoms with van der Waals surface area (Å²) < 4.78 is 23.9. The Morgan fingerprint density at radius 2 is 2.11 bits per heavy atom. The van der Waals surface area contributed by atoms with Gasteiger partial charge in [-0.25, -0.2) is 8.42 Å². The van der Waals surface area contributed by atoms with Crippen LogP contribution in [0.15, 0.2) is 16.3 Å². The Morgan fingerprint density at radius 3 is 2.72 bits per heavy atom. The molecule has 1 N–H and O–H groups in total. The van der Waals surface area contributed by atoms with Crippen molar-refractivity contribution in [3.8, 4) is 0 Å².